The average molecular weight is 978 g/mol. The molecule has 0 N–H and O–H groups in total. The van der Waals surface area contributed by atoms with Crippen LogP contribution in [0.3, 0.4) is 0 Å². The molecule has 2 aromatic heterocycles. The fourth-order valence-electron chi connectivity index (χ4n) is 14.0. The van der Waals surface area contributed by atoms with E-state index in [2.05, 4.69) is 267 Å². The molecule has 1 aliphatic rings. The van der Waals surface area contributed by atoms with E-state index in [1.807, 2.05) is 0 Å². The smallest absolute Gasteiger partial charge is 0.138 e. The van der Waals surface area contributed by atoms with Crippen LogP contribution in [0, 0.1) is 0 Å². The van der Waals surface area contributed by atoms with Crippen LogP contribution in [0.25, 0.3) is 159 Å². The first-order valence-corrected chi connectivity index (χ1v) is 26.9. The van der Waals surface area contributed by atoms with Gasteiger partial charge in [-0.3, -0.25) is 0 Å². The summed E-state index contributed by atoms with van der Waals surface area (Å²) in [4.78, 5) is 0. The second kappa shape index (κ2) is 15.6. The molecule has 2 nitrogen and oxygen atoms in total. The first-order chi connectivity index (χ1) is 37.9. The zero-order valence-electron chi connectivity index (χ0n) is 42.5. The Kier molecular flexibility index (Phi) is 8.65. The van der Waals surface area contributed by atoms with Crippen LogP contribution in [0.2, 0.25) is 0 Å². The quantitative estimate of drug-likeness (QED) is 0.161. The Balaban J connectivity index is 0.842. The molecule has 0 saturated heterocycles. The lowest BCUT2D eigenvalue weighted by molar-refractivity contribution is 0.660. The summed E-state index contributed by atoms with van der Waals surface area (Å²) >= 11 is 0. The maximum Gasteiger partial charge on any atom is 0.138 e. The van der Waals surface area contributed by atoms with Crippen LogP contribution in [-0.4, -0.2) is 4.57 Å². The van der Waals surface area contributed by atoms with E-state index >= 15 is 0 Å². The minimum atomic E-state index is -0.248. The number of hydrogen-bond donors (Lipinski definition) is 0. The number of aromatic nitrogens is 1. The summed E-state index contributed by atoms with van der Waals surface area (Å²) < 4.78 is 9.36. The Morgan fingerprint density at radius 3 is 1.34 bits per heavy atom. The molecular formula is C75H47NO. The highest BCUT2D eigenvalue weighted by Gasteiger charge is 2.38. The van der Waals surface area contributed by atoms with Gasteiger partial charge in [0.1, 0.15) is 11.2 Å². The predicted octanol–water partition coefficient (Wildman–Crippen LogP) is 20.9. The van der Waals surface area contributed by atoms with Crippen molar-refractivity contribution in [1.29, 1.82) is 0 Å². The van der Waals surface area contributed by atoms with E-state index in [1.165, 1.54) is 131 Å². The monoisotopic (exact) mass is 977 g/mol. The molecule has 0 unspecified atom stereocenters. The van der Waals surface area contributed by atoms with Crippen LogP contribution in [-0.2, 0) is 5.41 Å². The van der Waals surface area contributed by atoms with Gasteiger partial charge in [0.05, 0.1) is 16.7 Å². The van der Waals surface area contributed by atoms with Crippen LogP contribution in [0.5, 0.6) is 0 Å². The molecule has 2 heterocycles. The summed E-state index contributed by atoms with van der Waals surface area (Å²) in [6.45, 7) is 4.80. The highest BCUT2D eigenvalue weighted by atomic mass is 16.3. The van der Waals surface area contributed by atoms with Gasteiger partial charge in [-0.1, -0.05) is 208 Å². The second-order valence-electron chi connectivity index (χ2n) is 21.9. The lowest BCUT2D eigenvalue weighted by Crippen LogP contribution is -2.15. The lowest BCUT2D eigenvalue weighted by Gasteiger charge is -2.22. The average Bonchev–Trinajstić information content (AvgIpc) is 4.35. The molecule has 0 amide bonds. The van der Waals surface area contributed by atoms with Gasteiger partial charge < -0.3 is 8.98 Å². The summed E-state index contributed by atoms with van der Waals surface area (Å²) in [6.07, 6.45) is 0. The molecule has 0 fully saturated rings. The number of rotatable bonds is 4. The van der Waals surface area contributed by atoms with Crippen LogP contribution in [0.4, 0.5) is 0 Å². The Hall–Kier alpha value is -9.76. The van der Waals surface area contributed by atoms with E-state index in [-0.39, 0.29) is 5.41 Å². The molecule has 1 aliphatic carbocycles. The lowest BCUT2D eigenvalue weighted by atomic mass is 9.81. The third-order valence-corrected chi connectivity index (χ3v) is 17.5. The van der Waals surface area contributed by atoms with Crippen LogP contribution in [0.15, 0.2) is 253 Å². The fourth-order valence-corrected chi connectivity index (χ4v) is 14.0. The number of nitrogens with zero attached hydrogens (tertiary/aromatic N) is 1. The fraction of sp³-hybridized carbons (Fsp3) is 0.0400. The minimum absolute atomic E-state index is 0.248. The van der Waals surface area contributed by atoms with Gasteiger partial charge in [0.15, 0.2) is 0 Å². The molecule has 358 valence electrons. The molecule has 77 heavy (non-hydrogen) atoms. The summed E-state index contributed by atoms with van der Waals surface area (Å²) in [7, 11) is 0. The summed E-state index contributed by atoms with van der Waals surface area (Å²) in [5.74, 6) is 0. The highest BCUT2D eigenvalue weighted by Crippen LogP contribution is 2.55. The SMILES string of the molecule is CC1(C)c2cc(-c3ccc4c5ccccc5c5ccccc5c4c3)ccc2-c2c(-c3cc(-n4c5ccccc5c5cc(-c6ccc7c8ccccc8c8ccccc8c7c6)ccc54)cc4oc5ccccc5c34)cccc21. The molecule has 2 heteroatoms. The van der Waals surface area contributed by atoms with Crippen LogP contribution in [0.1, 0.15) is 25.0 Å². The third-order valence-electron chi connectivity index (χ3n) is 17.5. The Bertz CT molecular complexity index is 5190. The maximum absolute atomic E-state index is 6.91. The van der Waals surface area contributed by atoms with Gasteiger partial charge in [-0.2, -0.15) is 0 Å². The zero-order valence-corrected chi connectivity index (χ0v) is 42.5. The first-order valence-electron chi connectivity index (χ1n) is 26.9. The van der Waals surface area contributed by atoms with Gasteiger partial charge in [-0.15, -0.1) is 0 Å². The van der Waals surface area contributed by atoms with Crippen molar-refractivity contribution in [2.75, 3.05) is 0 Å². The molecule has 16 aromatic rings. The molecule has 0 atom stereocenters. The number of fused-ring (bicyclic) bond motifs is 21. The van der Waals surface area contributed by atoms with Gasteiger partial charge in [-0.05, 0) is 169 Å². The van der Waals surface area contributed by atoms with Gasteiger partial charge >= 0.3 is 0 Å². The maximum atomic E-state index is 6.91. The van der Waals surface area contributed by atoms with E-state index in [4.69, 9.17) is 4.42 Å². The first kappa shape index (κ1) is 42.6. The Labute approximate surface area is 444 Å². The molecule has 14 aromatic carbocycles. The molecule has 0 bridgehead atoms. The molecule has 0 radical (unpaired) electrons. The predicted molar refractivity (Wildman–Crippen MR) is 327 cm³/mol. The van der Waals surface area contributed by atoms with E-state index < -0.39 is 0 Å². The summed E-state index contributed by atoms with van der Waals surface area (Å²) in [5, 5.41) is 20.1. The van der Waals surface area contributed by atoms with Crippen molar-refractivity contribution >= 4 is 108 Å². The third kappa shape index (κ3) is 5.96. The standard InChI is InChI=1S/C75H47NO/c1-75(2)67-27-15-26-60(73(67)61-36-32-47(41-68(61)75)45-31-35-58-54-21-6-4-17-50(54)52-19-8-10-23-56(52)64(58)39-45)66-42-48(43-72-74(66)62-25-12-14-29-71(62)77-72)76-69-28-13-11-24-59(69)65-40-46(33-37-70(65)76)44-30-34-57-53-20-5-3-16-49(53)51-18-7-9-22-55(51)63(57)38-44/h3-43H,1-2H3. The van der Waals surface area contributed by atoms with Crippen molar-refractivity contribution in [3.8, 4) is 50.2 Å². The summed E-state index contributed by atoms with van der Waals surface area (Å²) in [5.41, 5.74) is 17.4. The Morgan fingerprint density at radius 2 is 0.740 bits per heavy atom. The number of benzene rings is 14. The van der Waals surface area contributed by atoms with Gasteiger partial charge in [-0.25, -0.2) is 0 Å². The van der Waals surface area contributed by atoms with E-state index in [1.54, 1.807) is 0 Å². The summed E-state index contributed by atoms with van der Waals surface area (Å²) in [6, 6.07) is 92.7. The minimum Gasteiger partial charge on any atom is -0.456 e. The number of furan rings is 1. The Morgan fingerprint density at radius 1 is 0.286 bits per heavy atom. The van der Waals surface area contributed by atoms with Crippen LogP contribution >= 0.6 is 0 Å². The molecular weight excluding hydrogens is 931 g/mol. The molecule has 0 spiro atoms. The van der Waals surface area contributed by atoms with Crippen molar-refractivity contribution in [3.63, 3.8) is 0 Å². The zero-order chi connectivity index (χ0) is 50.7. The van der Waals surface area contributed by atoms with Crippen LogP contribution < -0.4 is 0 Å². The van der Waals surface area contributed by atoms with E-state index in [9.17, 15) is 0 Å². The van der Waals surface area contributed by atoms with Crippen molar-refractivity contribution in [2.24, 2.45) is 0 Å². The van der Waals surface area contributed by atoms with E-state index in [0.717, 1.165) is 38.7 Å². The molecule has 17 rings (SSSR count). The topological polar surface area (TPSA) is 18.1 Å². The van der Waals surface area contributed by atoms with E-state index in [0.29, 0.717) is 0 Å². The van der Waals surface area contributed by atoms with Gasteiger partial charge in [0.2, 0.25) is 0 Å². The molecule has 0 saturated carbocycles. The van der Waals surface area contributed by atoms with Crippen molar-refractivity contribution in [2.45, 2.75) is 19.3 Å². The van der Waals surface area contributed by atoms with Crippen molar-refractivity contribution in [3.05, 3.63) is 260 Å². The highest BCUT2D eigenvalue weighted by molar-refractivity contribution is 6.27. The van der Waals surface area contributed by atoms with Gasteiger partial charge in [0.25, 0.3) is 0 Å². The van der Waals surface area contributed by atoms with Gasteiger partial charge in [0, 0.05) is 33.0 Å². The number of hydrogen-bond acceptors (Lipinski definition) is 1. The van der Waals surface area contributed by atoms with Crippen molar-refractivity contribution < 1.29 is 4.42 Å². The number of para-hydroxylation sites is 2. The largest absolute Gasteiger partial charge is 0.456 e. The van der Waals surface area contributed by atoms with Crippen molar-refractivity contribution in [1.82, 2.24) is 4.57 Å². The molecule has 0 aliphatic heterocycles. The normalized spacial score (nSPS) is 13.2. The second-order valence-corrected chi connectivity index (χ2v) is 21.9.